The first-order chi connectivity index (χ1) is 15.5. The molecule has 1 fully saturated rings. The van der Waals surface area contributed by atoms with Gasteiger partial charge in [-0.2, -0.15) is 0 Å². The first-order valence-corrected chi connectivity index (χ1v) is 10.9. The van der Waals surface area contributed by atoms with Gasteiger partial charge in [-0.05, 0) is 55.8 Å². The van der Waals surface area contributed by atoms with Crippen molar-refractivity contribution in [2.24, 2.45) is 0 Å². The monoisotopic (exact) mass is 428 g/mol. The number of rotatable bonds is 5. The highest BCUT2D eigenvalue weighted by molar-refractivity contribution is 5.92. The Morgan fingerprint density at radius 3 is 2.31 bits per heavy atom. The molecule has 2 aromatic heterocycles. The van der Waals surface area contributed by atoms with Crippen LogP contribution in [-0.4, -0.2) is 57.3 Å². The molecule has 0 aliphatic carbocycles. The Bertz CT molecular complexity index is 1110. The first-order valence-electron chi connectivity index (χ1n) is 10.9. The molecule has 1 saturated heterocycles. The Labute approximate surface area is 188 Å². The van der Waals surface area contributed by atoms with Crippen molar-refractivity contribution in [1.29, 1.82) is 0 Å². The van der Waals surface area contributed by atoms with Crippen molar-refractivity contribution < 1.29 is 9.59 Å². The summed E-state index contributed by atoms with van der Waals surface area (Å²) in [6.07, 6.45) is 5.53. The summed E-state index contributed by atoms with van der Waals surface area (Å²) in [5.74, 6) is 0.0334. The summed E-state index contributed by atoms with van der Waals surface area (Å²) in [5, 5.41) is 0. The molecule has 32 heavy (non-hydrogen) atoms. The van der Waals surface area contributed by atoms with Crippen LogP contribution in [0.4, 0.5) is 0 Å². The predicted octanol–water partition coefficient (Wildman–Crippen LogP) is 3.42. The van der Waals surface area contributed by atoms with Crippen LogP contribution in [0, 0.1) is 13.8 Å². The third-order valence-electron chi connectivity index (χ3n) is 5.89. The summed E-state index contributed by atoms with van der Waals surface area (Å²) >= 11 is 0. The summed E-state index contributed by atoms with van der Waals surface area (Å²) in [5.41, 5.74) is 5.14. The van der Waals surface area contributed by atoms with Gasteiger partial charge in [0.15, 0.2) is 0 Å². The van der Waals surface area contributed by atoms with Crippen LogP contribution in [-0.2, 0) is 16.0 Å². The number of pyridine rings is 1. The van der Waals surface area contributed by atoms with Gasteiger partial charge in [-0.15, -0.1) is 0 Å². The molecule has 0 unspecified atom stereocenters. The summed E-state index contributed by atoms with van der Waals surface area (Å²) < 4.78 is 2.19. The first kappa shape index (κ1) is 21.6. The third-order valence-corrected chi connectivity index (χ3v) is 5.89. The maximum absolute atomic E-state index is 12.7. The topological polar surface area (TPSA) is 58.4 Å². The lowest BCUT2D eigenvalue weighted by Crippen LogP contribution is -2.50. The molecule has 1 aliphatic rings. The van der Waals surface area contributed by atoms with E-state index in [1.807, 2.05) is 47.4 Å². The van der Waals surface area contributed by atoms with Crippen molar-refractivity contribution in [2.75, 3.05) is 26.2 Å². The summed E-state index contributed by atoms with van der Waals surface area (Å²) in [6, 6.07) is 17.9. The van der Waals surface area contributed by atoms with Crippen LogP contribution < -0.4 is 0 Å². The minimum absolute atomic E-state index is 0.0219. The second kappa shape index (κ2) is 9.64. The highest BCUT2D eigenvalue weighted by Gasteiger charge is 2.23. The van der Waals surface area contributed by atoms with Gasteiger partial charge in [0.2, 0.25) is 11.8 Å². The quantitative estimate of drug-likeness (QED) is 0.585. The van der Waals surface area contributed by atoms with E-state index in [9.17, 15) is 9.59 Å². The highest BCUT2D eigenvalue weighted by atomic mass is 16.2. The number of aromatic nitrogens is 2. The number of carbonyl (C=O) groups excluding carboxylic acids is 2. The van der Waals surface area contributed by atoms with Crippen LogP contribution in [0.25, 0.3) is 11.8 Å². The zero-order chi connectivity index (χ0) is 22.5. The lowest BCUT2D eigenvalue weighted by molar-refractivity contribution is -0.136. The van der Waals surface area contributed by atoms with E-state index in [-0.39, 0.29) is 11.8 Å². The van der Waals surface area contributed by atoms with Crippen LogP contribution in [0.15, 0.2) is 66.9 Å². The molecular formula is C26H28N4O2. The lowest BCUT2D eigenvalue weighted by atomic mass is 10.2. The standard InChI is InChI=1S/C26H28N4O2/c1-20-18-22(21(2)30(20)24-9-4-3-5-10-24)11-12-25(31)28-14-16-29(17-15-28)26(32)19-23-8-6-7-13-27-23/h3-13,18H,14-17,19H2,1-2H3/b12-11+. The van der Waals surface area contributed by atoms with Gasteiger partial charge in [-0.3, -0.25) is 14.6 Å². The molecule has 0 spiro atoms. The van der Waals surface area contributed by atoms with Crippen molar-refractivity contribution in [3.63, 3.8) is 0 Å². The van der Waals surface area contributed by atoms with Gasteiger partial charge in [-0.1, -0.05) is 24.3 Å². The van der Waals surface area contributed by atoms with E-state index >= 15 is 0 Å². The number of carbonyl (C=O) groups is 2. The van der Waals surface area contributed by atoms with E-state index in [2.05, 4.69) is 41.6 Å². The fourth-order valence-electron chi connectivity index (χ4n) is 4.14. The zero-order valence-corrected chi connectivity index (χ0v) is 18.6. The van der Waals surface area contributed by atoms with Gasteiger partial charge in [-0.25, -0.2) is 0 Å². The van der Waals surface area contributed by atoms with Crippen molar-refractivity contribution in [3.05, 3.63) is 89.5 Å². The predicted molar refractivity (Wildman–Crippen MR) is 125 cm³/mol. The molecule has 0 N–H and O–H groups in total. The van der Waals surface area contributed by atoms with E-state index < -0.39 is 0 Å². The maximum atomic E-state index is 12.7. The second-order valence-corrected chi connectivity index (χ2v) is 8.03. The Kier molecular flexibility index (Phi) is 6.50. The van der Waals surface area contributed by atoms with Crippen LogP contribution in [0.1, 0.15) is 22.6 Å². The molecule has 0 radical (unpaired) electrons. The highest BCUT2D eigenvalue weighted by Crippen LogP contribution is 2.21. The molecule has 0 atom stereocenters. The van der Waals surface area contributed by atoms with Crippen LogP contribution in [0.2, 0.25) is 0 Å². The number of nitrogens with zero attached hydrogens (tertiary/aromatic N) is 4. The van der Waals surface area contributed by atoms with Crippen molar-refractivity contribution in [1.82, 2.24) is 19.4 Å². The van der Waals surface area contributed by atoms with Crippen LogP contribution in [0.5, 0.6) is 0 Å². The normalized spacial score (nSPS) is 14.2. The number of aryl methyl sites for hydroxylation is 1. The molecular weight excluding hydrogens is 400 g/mol. The van der Waals surface area contributed by atoms with Crippen molar-refractivity contribution in [2.45, 2.75) is 20.3 Å². The maximum Gasteiger partial charge on any atom is 0.246 e. The number of benzene rings is 1. The Balaban J connectivity index is 1.35. The van der Waals surface area contributed by atoms with E-state index in [0.29, 0.717) is 32.6 Å². The number of hydrogen-bond donors (Lipinski definition) is 0. The van der Waals surface area contributed by atoms with Crippen LogP contribution >= 0.6 is 0 Å². The second-order valence-electron chi connectivity index (χ2n) is 8.03. The zero-order valence-electron chi connectivity index (χ0n) is 18.6. The molecule has 0 bridgehead atoms. The number of para-hydroxylation sites is 1. The van der Waals surface area contributed by atoms with Gasteiger partial charge in [0.05, 0.1) is 6.42 Å². The smallest absolute Gasteiger partial charge is 0.246 e. The Morgan fingerprint density at radius 2 is 1.62 bits per heavy atom. The molecule has 0 saturated carbocycles. The largest absolute Gasteiger partial charge is 0.339 e. The SMILES string of the molecule is Cc1cc(/C=C/C(=O)N2CCN(C(=O)Cc3ccccn3)CC2)c(C)n1-c1ccccc1. The van der Waals surface area contributed by atoms with E-state index in [0.717, 1.165) is 28.3 Å². The van der Waals surface area contributed by atoms with Crippen molar-refractivity contribution in [3.8, 4) is 5.69 Å². The molecule has 1 aliphatic heterocycles. The summed E-state index contributed by atoms with van der Waals surface area (Å²) in [7, 11) is 0. The fourth-order valence-corrected chi connectivity index (χ4v) is 4.14. The van der Waals surface area contributed by atoms with Gasteiger partial charge >= 0.3 is 0 Å². The van der Waals surface area contributed by atoms with Gasteiger partial charge < -0.3 is 14.4 Å². The Morgan fingerprint density at radius 1 is 0.938 bits per heavy atom. The van der Waals surface area contributed by atoms with Gasteiger partial charge in [0.1, 0.15) is 0 Å². The van der Waals surface area contributed by atoms with Gasteiger partial charge in [0, 0.05) is 61.2 Å². The molecule has 1 aromatic carbocycles. The number of amides is 2. The molecule has 4 rings (SSSR count). The third kappa shape index (κ3) is 4.80. The molecule has 6 heteroatoms. The molecule has 2 amide bonds. The van der Waals surface area contributed by atoms with E-state index in [1.54, 1.807) is 17.2 Å². The molecule has 3 aromatic rings. The molecule has 3 heterocycles. The van der Waals surface area contributed by atoms with E-state index in [1.165, 1.54) is 0 Å². The molecule has 164 valence electrons. The minimum Gasteiger partial charge on any atom is -0.339 e. The van der Waals surface area contributed by atoms with Crippen LogP contribution in [0.3, 0.4) is 0 Å². The average molecular weight is 429 g/mol. The van der Waals surface area contributed by atoms with Gasteiger partial charge in [0.25, 0.3) is 0 Å². The summed E-state index contributed by atoms with van der Waals surface area (Å²) in [6.45, 7) is 6.32. The summed E-state index contributed by atoms with van der Waals surface area (Å²) in [4.78, 5) is 33.1. The molecule has 6 nitrogen and oxygen atoms in total. The van der Waals surface area contributed by atoms with Crippen molar-refractivity contribution >= 4 is 17.9 Å². The van der Waals surface area contributed by atoms with E-state index in [4.69, 9.17) is 0 Å². The fraction of sp³-hybridized carbons (Fsp3) is 0.269. The lowest BCUT2D eigenvalue weighted by Gasteiger charge is -2.34. The minimum atomic E-state index is -0.0219. The number of hydrogen-bond acceptors (Lipinski definition) is 3. The Hall–Kier alpha value is -3.67. The number of piperazine rings is 1. The average Bonchev–Trinajstić information content (AvgIpc) is 3.11.